The van der Waals surface area contributed by atoms with E-state index >= 15 is 0 Å². The summed E-state index contributed by atoms with van der Waals surface area (Å²) in [4.78, 5) is 0. The van der Waals surface area contributed by atoms with Gasteiger partial charge in [-0.1, -0.05) is 13.3 Å². The molecule has 1 heterocycles. The lowest BCUT2D eigenvalue weighted by Gasteiger charge is -2.35. The number of nitrogens with one attached hydrogen (secondary N) is 1. The minimum atomic E-state index is -3.51. The maximum absolute atomic E-state index is 11.2. The molecule has 0 radical (unpaired) electrons. The van der Waals surface area contributed by atoms with Gasteiger partial charge in [0.25, 0.3) is 0 Å². The first-order valence-electron chi connectivity index (χ1n) is 4.57. The van der Waals surface area contributed by atoms with E-state index in [1.165, 1.54) is 0 Å². The molecule has 1 fully saturated rings. The molecule has 1 atom stereocenters. The zero-order valence-electron chi connectivity index (χ0n) is 8.33. The Labute approximate surface area is 79.9 Å². The number of rotatable bonds is 2. The minimum Gasteiger partial charge on any atom is -0.255 e. The van der Waals surface area contributed by atoms with Gasteiger partial charge in [-0.25, -0.2) is 0 Å². The van der Waals surface area contributed by atoms with E-state index in [-0.39, 0.29) is 11.6 Å². The smallest absolute Gasteiger partial charge is 0.255 e. The maximum Gasteiger partial charge on any atom is 0.336 e. The molecular formula is C8H17NO3S. The largest absolute Gasteiger partial charge is 0.336 e. The predicted octanol–water partition coefficient (Wildman–Crippen LogP) is 1.19. The van der Waals surface area contributed by atoms with Gasteiger partial charge in [-0.15, -0.1) is 0 Å². The van der Waals surface area contributed by atoms with E-state index in [0.29, 0.717) is 0 Å². The third-order valence-corrected chi connectivity index (χ3v) is 3.34. The van der Waals surface area contributed by atoms with Crippen LogP contribution in [-0.4, -0.2) is 20.1 Å². The van der Waals surface area contributed by atoms with Gasteiger partial charge in [0.1, 0.15) is 0 Å². The van der Waals surface area contributed by atoms with Crippen molar-refractivity contribution in [2.75, 3.05) is 0 Å². The first kappa shape index (κ1) is 10.9. The van der Waals surface area contributed by atoms with Crippen LogP contribution in [0.3, 0.4) is 0 Å². The zero-order chi connectivity index (χ0) is 10.1. The van der Waals surface area contributed by atoms with Gasteiger partial charge in [-0.2, -0.15) is 13.1 Å². The molecule has 0 saturated carbocycles. The van der Waals surface area contributed by atoms with Gasteiger partial charge in [0, 0.05) is 5.54 Å². The van der Waals surface area contributed by atoms with E-state index in [0.717, 1.165) is 19.3 Å². The Morgan fingerprint density at radius 3 is 2.62 bits per heavy atom. The van der Waals surface area contributed by atoms with Crippen LogP contribution in [0.15, 0.2) is 0 Å². The second-order valence-electron chi connectivity index (χ2n) is 4.15. The highest BCUT2D eigenvalue weighted by atomic mass is 32.2. The van der Waals surface area contributed by atoms with Gasteiger partial charge in [-0.05, 0) is 26.7 Å². The average Bonchev–Trinajstić information content (AvgIpc) is 1.78. The van der Waals surface area contributed by atoms with E-state index in [9.17, 15) is 8.42 Å². The summed E-state index contributed by atoms with van der Waals surface area (Å²) >= 11 is 0. The summed E-state index contributed by atoms with van der Waals surface area (Å²) < 4.78 is 29.8. The first-order chi connectivity index (χ1) is 5.85. The second-order valence-corrected chi connectivity index (χ2v) is 5.46. The van der Waals surface area contributed by atoms with Gasteiger partial charge in [-0.3, -0.25) is 4.18 Å². The molecule has 13 heavy (non-hydrogen) atoms. The molecule has 1 N–H and O–H groups in total. The van der Waals surface area contributed by atoms with Crippen LogP contribution in [-0.2, 0) is 14.5 Å². The van der Waals surface area contributed by atoms with E-state index in [1.807, 2.05) is 20.8 Å². The predicted molar refractivity (Wildman–Crippen MR) is 50.5 cm³/mol. The lowest BCUT2D eigenvalue weighted by Crippen LogP contribution is -2.52. The summed E-state index contributed by atoms with van der Waals surface area (Å²) in [6, 6.07) is 0. The fourth-order valence-corrected chi connectivity index (χ4v) is 2.99. The third kappa shape index (κ3) is 3.25. The molecule has 0 aromatic rings. The molecule has 0 bridgehead atoms. The van der Waals surface area contributed by atoms with Crippen molar-refractivity contribution in [1.29, 1.82) is 0 Å². The lowest BCUT2D eigenvalue weighted by molar-refractivity contribution is 0.123. The average molecular weight is 207 g/mol. The Kier molecular flexibility index (Phi) is 2.99. The van der Waals surface area contributed by atoms with E-state index in [4.69, 9.17) is 4.18 Å². The second kappa shape index (κ2) is 3.55. The third-order valence-electron chi connectivity index (χ3n) is 2.01. The molecule has 0 spiro atoms. The van der Waals surface area contributed by atoms with Crippen molar-refractivity contribution < 1.29 is 12.6 Å². The molecule has 1 saturated heterocycles. The molecule has 4 nitrogen and oxygen atoms in total. The SMILES string of the molecule is CCC[C@H]1CC(C)(C)NS(=O)(=O)O1. The monoisotopic (exact) mass is 207 g/mol. The van der Waals surface area contributed by atoms with Crippen molar-refractivity contribution >= 4 is 10.3 Å². The van der Waals surface area contributed by atoms with Crippen LogP contribution >= 0.6 is 0 Å². The lowest BCUT2D eigenvalue weighted by atomic mass is 9.96. The van der Waals surface area contributed by atoms with Crippen LogP contribution in [0.4, 0.5) is 0 Å². The highest BCUT2D eigenvalue weighted by Gasteiger charge is 2.36. The van der Waals surface area contributed by atoms with Gasteiger partial charge < -0.3 is 0 Å². The highest BCUT2D eigenvalue weighted by molar-refractivity contribution is 7.84. The molecule has 1 aliphatic rings. The molecule has 0 aromatic carbocycles. The molecule has 0 amide bonds. The number of hydrogen-bond acceptors (Lipinski definition) is 3. The van der Waals surface area contributed by atoms with Crippen molar-refractivity contribution in [2.45, 2.75) is 51.7 Å². The Morgan fingerprint density at radius 2 is 2.15 bits per heavy atom. The molecule has 0 aliphatic carbocycles. The summed E-state index contributed by atoms with van der Waals surface area (Å²) in [6.45, 7) is 5.76. The van der Waals surface area contributed by atoms with Crippen LogP contribution in [0.1, 0.15) is 40.0 Å². The molecule has 78 valence electrons. The first-order valence-corrected chi connectivity index (χ1v) is 5.98. The van der Waals surface area contributed by atoms with Gasteiger partial charge >= 0.3 is 10.3 Å². The molecule has 1 aliphatic heterocycles. The molecule has 1 rings (SSSR count). The molecule has 0 aromatic heterocycles. The van der Waals surface area contributed by atoms with E-state index in [1.54, 1.807) is 0 Å². The van der Waals surface area contributed by atoms with Crippen molar-refractivity contribution in [3.05, 3.63) is 0 Å². The van der Waals surface area contributed by atoms with Crippen LogP contribution in [0.5, 0.6) is 0 Å². The normalized spacial score (nSPS) is 31.5. The Bertz CT molecular complexity index is 271. The van der Waals surface area contributed by atoms with Gasteiger partial charge in [0.15, 0.2) is 0 Å². The quantitative estimate of drug-likeness (QED) is 0.740. The van der Waals surface area contributed by atoms with Gasteiger partial charge in [0.2, 0.25) is 0 Å². The van der Waals surface area contributed by atoms with Crippen LogP contribution in [0.2, 0.25) is 0 Å². The van der Waals surface area contributed by atoms with Crippen LogP contribution in [0.25, 0.3) is 0 Å². The van der Waals surface area contributed by atoms with Crippen molar-refractivity contribution in [2.24, 2.45) is 0 Å². The molecular weight excluding hydrogens is 190 g/mol. The molecule has 5 heteroatoms. The van der Waals surface area contributed by atoms with Gasteiger partial charge in [0.05, 0.1) is 6.10 Å². The maximum atomic E-state index is 11.2. The van der Waals surface area contributed by atoms with Crippen LogP contribution < -0.4 is 4.72 Å². The van der Waals surface area contributed by atoms with E-state index in [2.05, 4.69) is 4.72 Å². The Morgan fingerprint density at radius 1 is 1.54 bits per heavy atom. The fraction of sp³-hybridized carbons (Fsp3) is 1.00. The Balaban J connectivity index is 2.72. The van der Waals surface area contributed by atoms with Crippen molar-refractivity contribution in [3.8, 4) is 0 Å². The summed E-state index contributed by atoms with van der Waals surface area (Å²) in [6.07, 6.45) is 2.31. The fourth-order valence-electron chi connectivity index (χ4n) is 1.66. The summed E-state index contributed by atoms with van der Waals surface area (Å²) in [5.74, 6) is 0. The molecule has 0 unspecified atom stereocenters. The van der Waals surface area contributed by atoms with E-state index < -0.39 is 10.3 Å². The summed E-state index contributed by atoms with van der Waals surface area (Å²) in [7, 11) is -3.51. The van der Waals surface area contributed by atoms with Crippen molar-refractivity contribution in [3.63, 3.8) is 0 Å². The highest BCUT2D eigenvalue weighted by Crippen LogP contribution is 2.24. The minimum absolute atomic E-state index is 0.161. The summed E-state index contributed by atoms with van der Waals surface area (Å²) in [5.41, 5.74) is -0.378. The van der Waals surface area contributed by atoms with Crippen molar-refractivity contribution in [1.82, 2.24) is 4.72 Å². The zero-order valence-corrected chi connectivity index (χ0v) is 9.15. The topological polar surface area (TPSA) is 55.4 Å². The standard InChI is InChI=1S/C8H17NO3S/c1-4-5-7-6-8(2,3)9-13(10,11)12-7/h7,9H,4-6H2,1-3H3/t7-/m0/s1. The summed E-state index contributed by atoms with van der Waals surface area (Å²) in [5, 5.41) is 0. The Hall–Kier alpha value is -0.130. The van der Waals surface area contributed by atoms with Crippen LogP contribution in [0, 0.1) is 0 Å². The number of hydrogen-bond donors (Lipinski definition) is 1.